The van der Waals surface area contributed by atoms with Crippen molar-refractivity contribution in [1.82, 2.24) is 10.6 Å². The van der Waals surface area contributed by atoms with Gasteiger partial charge in [0.05, 0.1) is 10.8 Å². The number of hydrogen-bond donors (Lipinski definition) is 4. The number of hydrogen-bond acceptors (Lipinski definition) is 6. The van der Waals surface area contributed by atoms with Crippen LogP contribution >= 0.6 is 48.4 Å². The third-order valence-corrected chi connectivity index (χ3v) is 4.62. The first-order valence-corrected chi connectivity index (χ1v) is 10.6. The lowest BCUT2D eigenvalue weighted by molar-refractivity contribution is 0.748. The van der Waals surface area contributed by atoms with Gasteiger partial charge >= 0.3 is 0 Å². The van der Waals surface area contributed by atoms with Gasteiger partial charge in [0.25, 0.3) is 0 Å². The van der Waals surface area contributed by atoms with E-state index in [1.165, 1.54) is 0 Å². The Morgan fingerprint density at radius 2 is 1.59 bits per heavy atom. The van der Waals surface area contributed by atoms with E-state index in [-0.39, 0.29) is 0 Å². The molecule has 0 saturated heterocycles. The molecule has 4 N–H and O–H groups in total. The molecule has 0 radical (unpaired) electrons. The summed E-state index contributed by atoms with van der Waals surface area (Å²) < 4.78 is 0. The molecule has 0 fully saturated rings. The molecule has 0 aliphatic carbocycles. The van der Waals surface area contributed by atoms with Crippen molar-refractivity contribution in [2.45, 2.75) is 11.3 Å². The summed E-state index contributed by atoms with van der Waals surface area (Å²) in [5.41, 5.74) is 2.38. The zero-order chi connectivity index (χ0) is 20.9. The predicted octanol–water partition coefficient (Wildman–Crippen LogP) is 4.66. The molecule has 0 amide bonds. The average molecular weight is 459 g/mol. The molecule has 0 bridgehead atoms. The molecule has 2 aromatic carbocycles. The molecule has 10 heteroatoms. The lowest BCUT2D eigenvalue weighted by Gasteiger charge is -2.13. The largest absolute Gasteiger partial charge is 0.362 e. The number of thioether (sulfide) groups is 1. The van der Waals surface area contributed by atoms with E-state index in [1.807, 2.05) is 48.5 Å². The molecule has 0 saturated carbocycles. The van der Waals surface area contributed by atoms with Gasteiger partial charge in [-0.25, -0.2) is 0 Å². The lowest BCUT2D eigenvalue weighted by Crippen LogP contribution is -2.33. The number of nitrogens with one attached hydrogen (secondary N) is 4. The van der Waals surface area contributed by atoms with E-state index in [0.29, 0.717) is 23.3 Å². The van der Waals surface area contributed by atoms with E-state index < -0.39 is 0 Å². The fourth-order valence-corrected chi connectivity index (χ4v) is 3.22. The quantitative estimate of drug-likeness (QED) is 0.148. The molecule has 6 nitrogen and oxygen atoms in total. The van der Waals surface area contributed by atoms with Gasteiger partial charge in [-0.15, -0.1) is 0 Å². The predicted molar refractivity (Wildman–Crippen MR) is 132 cm³/mol. The molecule has 29 heavy (non-hydrogen) atoms. The molecule has 0 aliphatic heterocycles. The molecule has 0 aliphatic rings. The Morgan fingerprint density at radius 1 is 0.966 bits per heavy atom. The summed E-state index contributed by atoms with van der Waals surface area (Å²) in [5, 5.41) is 26.7. The normalized spacial score (nSPS) is 9.48. The minimum absolute atomic E-state index is 0.528. The molecular formula is C19H18N6S4. The number of benzene rings is 2. The van der Waals surface area contributed by atoms with Crippen LogP contribution in [0, 0.1) is 10.7 Å². The number of nitriles is 1. The SMILES string of the molecule is N#CSc1cccc(NC(=S)NCCCNC(=S)Nc2cccc(N=C=S)c2)c1. The Kier molecular flexibility index (Phi) is 10.1. The van der Waals surface area contributed by atoms with E-state index in [9.17, 15) is 0 Å². The van der Waals surface area contributed by atoms with Crippen LogP contribution in [0.15, 0.2) is 58.4 Å². The summed E-state index contributed by atoms with van der Waals surface area (Å²) in [5.74, 6) is 0. The van der Waals surface area contributed by atoms with Gasteiger partial charge in [0, 0.05) is 29.4 Å². The van der Waals surface area contributed by atoms with E-state index in [0.717, 1.165) is 40.1 Å². The van der Waals surface area contributed by atoms with Crippen LogP contribution in [-0.2, 0) is 0 Å². The third kappa shape index (κ3) is 9.00. The summed E-state index contributed by atoms with van der Waals surface area (Å²) in [7, 11) is 0. The number of rotatable bonds is 8. The maximum Gasteiger partial charge on any atom is 0.170 e. The number of nitrogens with zero attached hydrogens (tertiary/aromatic N) is 2. The average Bonchev–Trinajstić information content (AvgIpc) is 2.69. The molecule has 0 spiro atoms. The van der Waals surface area contributed by atoms with Crippen molar-refractivity contribution in [1.29, 1.82) is 5.26 Å². The Balaban J connectivity index is 1.65. The second-order valence-electron chi connectivity index (χ2n) is 5.59. The number of thiocyanates is 1. The highest BCUT2D eigenvalue weighted by molar-refractivity contribution is 8.03. The zero-order valence-electron chi connectivity index (χ0n) is 15.3. The summed E-state index contributed by atoms with van der Waals surface area (Å²) in [6, 6.07) is 15.0. The van der Waals surface area contributed by atoms with Crippen molar-refractivity contribution in [3.8, 4) is 5.40 Å². The van der Waals surface area contributed by atoms with Crippen molar-refractivity contribution in [2.24, 2.45) is 4.99 Å². The summed E-state index contributed by atoms with van der Waals surface area (Å²) in [4.78, 5) is 4.81. The van der Waals surface area contributed by atoms with E-state index in [2.05, 4.69) is 49.0 Å². The van der Waals surface area contributed by atoms with Crippen LogP contribution in [0.3, 0.4) is 0 Å². The maximum atomic E-state index is 8.74. The zero-order valence-corrected chi connectivity index (χ0v) is 18.5. The Labute approximate surface area is 190 Å². The van der Waals surface area contributed by atoms with Crippen LogP contribution in [0.4, 0.5) is 17.1 Å². The standard InChI is InChI=1S/C19H18N6S4/c20-12-29-17-7-2-6-16(11-17)25-19(28)22-9-3-8-21-18(27)24-15-5-1-4-14(10-15)23-13-26/h1-2,4-7,10-11H,3,8-9H2,(H2,21,24,27)(H2,22,25,28). The highest BCUT2D eigenvalue weighted by Gasteiger charge is 2.01. The lowest BCUT2D eigenvalue weighted by atomic mass is 10.3. The first-order valence-electron chi connectivity index (χ1n) is 8.54. The van der Waals surface area contributed by atoms with E-state index >= 15 is 0 Å². The van der Waals surface area contributed by atoms with Gasteiger partial charge in [-0.05, 0) is 91.2 Å². The van der Waals surface area contributed by atoms with Gasteiger partial charge in [0.1, 0.15) is 5.40 Å². The van der Waals surface area contributed by atoms with Crippen LogP contribution in [0.25, 0.3) is 0 Å². The van der Waals surface area contributed by atoms with Crippen LogP contribution in [0.5, 0.6) is 0 Å². The number of aliphatic imine (C=N–C) groups is 1. The van der Waals surface area contributed by atoms with Gasteiger partial charge in [-0.3, -0.25) is 0 Å². The Hall–Kier alpha value is -2.54. The molecule has 148 valence electrons. The number of thiocarbonyl (C=S) groups is 3. The van der Waals surface area contributed by atoms with E-state index in [4.69, 9.17) is 29.7 Å². The van der Waals surface area contributed by atoms with Crippen molar-refractivity contribution < 1.29 is 0 Å². The van der Waals surface area contributed by atoms with Crippen LogP contribution in [0.1, 0.15) is 6.42 Å². The van der Waals surface area contributed by atoms with Crippen molar-refractivity contribution in [2.75, 3.05) is 23.7 Å². The molecule has 0 atom stereocenters. The fourth-order valence-electron chi connectivity index (χ4n) is 2.24. The molecular weight excluding hydrogens is 441 g/mol. The van der Waals surface area contributed by atoms with Crippen molar-refractivity contribution >= 4 is 80.9 Å². The Morgan fingerprint density at radius 3 is 2.21 bits per heavy atom. The van der Waals surface area contributed by atoms with Gasteiger partial charge < -0.3 is 21.3 Å². The van der Waals surface area contributed by atoms with E-state index in [1.54, 1.807) is 0 Å². The van der Waals surface area contributed by atoms with Crippen molar-refractivity contribution in [3.63, 3.8) is 0 Å². The second kappa shape index (κ2) is 12.8. The minimum Gasteiger partial charge on any atom is -0.362 e. The minimum atomic E-state index is 0.528. The molecule has 2 aromatic rings. The van der Waals surface area contributed by atoms with Gasteiger partial charge in [-0.2, -0.15) is 10.3 Å². The second-order valence-corrected chi connectivity index (χ2v) is 7.45. The van der Waals surface area contributed by atoms with Crippen molar-refractivity contribution in [3.05, 3.63) is 48.5 Å². The van der Waals surface area contributed by atoms with Gasteiger partial charge in [0.15, 0.2) is 10.2 Å². The summed E-state index contributed by atoms with van der Waals surface area (Å²) in [6.07, 6.45) is 0.823. The Bertz CT molecular complexity index is 950. The smallest absolute Gasteiger partial charge is 0.170 e. The first-order chi connectivity index (χ1) is 14.1. The maximum absolute atomic E-state index is 8.74. The number of anilines is 2. The molecule has 0 unspecified atom stereocenters. The van der Waals surface area contributed by atoms with Gasteiger partial charge in [0.2, 0.25) is 0 Å². The van der Waals surface area contributed by atoms with Crippen LogP contribution < -0.4 is 21.3 Å². The first kappa shape index (κ1) is 22.7. The third-order valence-electron chi connectivity index (χ3n) is 3.46. The molecule has 2 rings (SSSR count). The molecule has 0 aromatic heterocycles. The monoisotopic (exact) mass is 458 g/mol. The summed E-state index contributed by atoms with van der Waals surface area (Å²) >= 11 is 16.3. The van der Waals surface area contributed by atoms with Gasteiger partial charge in [-0.1, -0.05) is 12.1 Å². The highest BCUT2D eigenvalue weighted by Crippen LogP contribution is 2.20. The highest BCUT2D eigenvalue weighted by atomic mass is 32.2. The molecule has 0 heterocycles. The summed E-state index contributed by atoms with van der Waals surface area (Å²) in [6.45, 7) is 1.38. The van der Waals surface area contributed by atoms with Crippen LogP contribution in [-0.4, -0.2) is 28.5 Å². The fraction of sp³-hybridized carbons (Fsp3) is 0.158. The number of isothiocyanates is 1. The van der Waals surface area contributed by atoms with Crippen LogP contribution in [0.2, 0.25) is 0 Å². The topological polar surface area (TPSA) is 84.3 Å².